The summed E-state index contributed by atoms with van der Waals surface area (Å²) in [5.74, 6) is 0.226. The molecule has 6 rings (SSSR count). The van der Waals surface area contributed by atoms with E-state index < -0.39 is 0 Å². The Morgan fingerprint density at radius 1 is 1.03 bits per heavy atom. The van der Waals surface area contributed by atoms with Crippen LogP contribution in [0.5, 0.6) is 0 Å². The zero-order valence-corrected chi connectivity index (χ0v) is 21.5. The van der Waals surface area contributed by atoms with Gasteiger partial charge in [-0.15, -0.1) is 5.10 Å². The summed E-state index contributed by atoms with van der Waals surface area (Å²) in [7, 11) is 0. The molecule has 0 spiro atoms. The van der Waals surface area contributed by atoms with Gasteiger partial charge in [0.05, 0.1) is 17.8 Å². The summed E-state index contributed by atoms with van der Waals surface area (Å²) < 4.78 is 2.42. The highest BCUT2D eigenvalue weighted by Crippen LogP contribution is 2.38. The number of carbonyl (C=O) groups excluding carboxylic acids is 1. The molecule has 0 aliphatic carbocycles. The van der Waals surface area contributed by atoms with E-state index in [9.17, 15) is 9.59 Å². The Kier molecular flexibility index (Phi) is 5.32. The van der Waals surface area contributed by atoms with Gasteiger partial charge in [-0.05, 0) is 36.8 Å². The van der Waals surface area contributed by atoms with E-state index in [1.54, 1.807) is 11.0 Å². The number of thiazole rings is 1. The van der Waals surface area contributed by atoms with Crippen molar-refractivity contribution in [2.24, 2.45) is 0 Å². The fourth-order valence-corrected chi connectivity index (χ4v) is 5.74. The van der Waals surface area contributed by atoms with Gasteiger partial charge in [-0.25, -0.2) is 0 Å². The molecular formula is C26H16BrClN4O2S. The number of nitrogens with zero attached hydrogens (tertiary/aromatic N) is 4. The minimum Gasteiger partial charge on any atom is -0.303 e. The standard InChI is InChI=1S/C26H16BrClN4O2S/c1-14-6-8-15(9-7-14)23-29-26-32(30-23)25(34)22(35-26)21-18-12-17(27)10-11-20(18)31(24(21)33)13-16-4-2-3-5-19(16)28/h2-12H,13H2,1H3/b22-21-. The van der Waals surface area contributed by atoms with Crippen LogP contribution in [-0.2, 0) is 11.3 Å². The molecule has 1 aliphatic heterocycles. The maximum atomic E-state index is 13.7. The largest absolute Gasteiger partial charge is 0.303 e. The highest BCUT2D eigenvalue weighted by Gasteiger charge is 2.35. The van der Waals surface area contributed by atoms with Crippen molar-refractivity contribution in [3.63, 3.8) is 0 Å². The summed E-state index contributed by atoms with van der Waals surface area (Å²) in [6.45, 7) is 2.30. The van der Waals surface area contributed by atoms with Crippen molar-refractivity contribution >= 4 is 61.0 Å². The zero-order valence-electron chi connectivity index (χ0n) is 18.3. The molecule has 0 atom stereocenters. The molecule has 3 heterocycles. The average molecular weight is 564 g/mol. The van der Waals surface area contributed by atoms with Crippen LogP contribution in [-0.4, -0.2) is 20.5 Å². The fraction of sp³-hybridized carbons (Fsp3) is 0.0769. The van der Waals surface area contributed by atoms with Crippen LogP contribution >= 0.6 is 38.9 Å². The first-order valence-corrected chi connectivity index (χ1v) is 12.8. The summed E-state index contributed by atoms with van der Waals surface area (Å²) in [6, 6.07) is 20.8. The molecule has 0 unspecified atom stereocenters. The maximum Gasteiger partial charge on any atom is 0.291 e. The van der Waals surface area contributed by atoms with Crippen LogP contribution in [0, 0.1) is 6.92 Å². The number of halogens is 2. The SMILES string of the molecule is Cc1ccc(-c2nc3s/c(=C4\C(=O)N(Cc5ccccc5Cl)c5ccc(Br)cc54)c(=O)n3n2)cc1. The summed E-state index contributed by atoms with van der Waals surface area (Å²) in [5, 5.41) is 5.02. The van der Waals surface area contributed by atoms with Gasteiger partial charge in [-0.2, -0.15) is 9.50 Å². The predicted molar refractivity (Wildman–Crippen MR) is 142 cm³/mol. The van der Waals surface area contributed by atoms with Crippen LogP contribution in [0.3, 0.4) is 0 Å². The van der Waals surface area contributed by atoms with Gasteiger partial charge in [0, 0.05) is 20.6 Å². The van der Waals surface area contributed by atoms with Crippen LogP contribution in [0.2, 0.25) is 5.02 Å². The number of carbonyl (C=O) groups is 1. The van der Waals surface area contributed by atoms with E-state index in [4.69, 9.17) is 11.6 Å². The fourth-order valence-electron chi connectivity index (χ4n) is 4.19. The average Bonchev–Trinajstić information content (AvgIpc) is 3.47. The number of benzene rings is 3. The van der Waals surface area contributed by atoms with Gasteiger partial charge >= 0.3 is 0 Å². The Morgan fingerprint density at radius 3 is 2.54 bits per heavy atom. The molecule has 0 saturated heterocycles. The van der Waals surface area contributed by atoms with Crippen LogP contribution in [0.15, 0.2) is 76.0 Å². The number of hydrogen-bond acceptors (Lipinski definition) is 5. The number of hydrogen-bond donors (Lipinski definition) is 0. The van der Waals surface area contributed by atoms with E-state index in [0.29, 0.717) is 38.0 Å². The van der Waals surface area contributed by atoms with Gasteiger partial charge < -0.3 is 4.90 Å². The molecule has 35 heavy (non-hydrogen) atoms. The topological polar surface area (TPSA) is 67.6 Å². The van der Waals surface area contributed by atoms with E-state index >= 15 is 0 Å². The van der Waals surface area contributed by atoms with Crippen LogP contribution in [0.1, 0.15) is 16.7 Å². The van der Waals surface area contributed by atoms with Gasteiger partial charge in [-0.1, -0.05) is 86.9 Å². The molecule has 5 aromatic rings. The summed E-state index contributed by atoms with van der Waals surface area (Å²) in [6.07, 6.45) is 0. The molecule has 1 aliphatic rings. The lowest BCUT2D eigenvalue weighted by Crippen LogP contribution is -2.32. The number of aromatic nitrogens is 3. The highest BCUT2D eigenvalue weighted by molar-refractivity contribution is 9.10. The van der Waals surface area contributed by atoms with E-state index in [2.05, 4.69) is 26.0 Å². The first-order chi connectivity index (χ1) is 16.9. The van der Waals surface area contributed by atoms with Crippen LogP contribution < -0.4 is 15.0 Å². The van der Waals surface area contributed by atoms with Gasteiger partial charge in [0.1, 0.15) is 4.53 Å². The lowest BCUT2D eigenvalue weighted by Gasteiger charge is -2.18. The van der Waals surface area contributed by atoms with Crippen molar-refractivity contribution in [2.45, 2.75) is 13.5 Å². The molecule has 0 fully saturated rings. The Morgan fingerprint density at radius 2 is 1.80 bits per heavy atom. The van der Waals surface area contributed by atoms with Crippen molar-refractivity contribution < 1.29 is 4.79 Å². The number of fused-ring (bicyclic) bond motifs is 2. The first-order valence-electron chi connectivity index (χ1n) is 10.8. The Balaban J connectivity index is 1.52. The summed E-state index contributed by atoms with van der Waals surface area (Å²) >= 11 is 11.0. The normalized spacial score (nSPS) is 14.7. The number of amides is 1. The summed E-state index contributed by atoms with van der Waals surface area (Å²) in [5.41, 5.74) is 4.20. The van der Waals surface area contributed by atoms with E-state index in [1.807, 2.05) is 67.6 Å². The second kappa shape index (κ2) is 8.41. The molecule has 172 valence electrons. The first kappa shape index (κ1) is 22.2. The van der Waals surface area contributed by atoms with Crippen molar-refractivity contribution in [3.05, 3.63) is 108 Å². The third-order valence-electron chi connectivity index (χ3n) is 5.96. The second-order valence-corrected chi connectivity index (χ2v) is 10.6. The van der Waals surface area contributed by atoms with Crippen molar-refractivity contribution in [1.82, 2.24) is 14.6 Å². The monoisotopic (exact) mass is 562 g/mol. The molecule has 0 N–H and O–H groups in total. The van der Waals surface area contributed by atoms with Crippen LogP contribution in [0.4, 0.5) is 5.69 Å². The van der Waals surface area contributed by atoms with Crippen molar-refractivity contribution in [1.29, 1.82) is 0 Å². The molecule has 9 heteroatoms. The maximum absolute atomic E-state index is 13.7. The molecule has 6 nitrogen and oxygen atoms in total. The third kappa shape index (κ3) is 3.69. The van der Waals surface area contributed by atoms with Crippen molar-refractivity contribution in [3.8, 4) is 11.4 Å². The van der Waals surface area contributed by atoms with Gasteiger partial charge in [0.15, 0.2) is 5.82 Å². The van der Waals surface area contributed by atoms with Gasteiger partial charge in [-0.3, -0.25) is 9.59 Å². The highest BCUT2D eigenvalue weighted by atomic mass is 79.9. The van der Waals surface area contributed by atoms with Gasteiger partial charge in [0.25, 0.3) is 11.5 Å². The van der Waals surface area contributed by atoms with E-state index in [0.717, 1.165) is 26.9 Å². The molecule has 1 amide bonds. The lowest BCUT2D eigenvalue weighted by atomic mass is 10.1. The smallest absolute Gasteiger partial charge is 0.291 e. The number of aryl methyl sites for hydroxylation is 1. The minimum atomic E-state index is -0.357. The van der Waals surface area contributed by atoms with Crippen molar-refractivity contribution in [2.75, 3.05) is 4.90 Å². The molecule has 0 bridgehead atoms. The van der Waals surface area contributed by atoms with E-state index in [1.165, 1.54) is 15.9 Å². The molecule has 0 saturated carbocycles. The predicted octanol–water partition coefficient (Wildman–Crippen LogP) is 5.01. The number of anilines is 1. The lowest BCUT2D eigenvalue weighted by molar-refractivity contribution is -0.113. The van der Waals surface area contributed by atoms with Gasteiger partial charge in [0.2, 0.25) is 4.96 Å². The zero-order chi connectivity index (χ0) is 24.3. The quantitative estimate of drug-likeness (QED) is 0.310. The second-order valence-electron chi connectivity index (χ2n) is 8.25. The Labute approximate surface area is 217 Å². The Bertz CT molecular complexity index is 1760. The van der Waals surface area contributed by atoms with Crippen LogP contribution in [0.25, 0.3) is 21.9 Å². The number of rotatable bonds is 3. The molecule has 2 aromatic heterocycles. The minimum absolute atomic E-state index is 0.251. The molecular weight excluding hydrogens is 548 g/mol. The molecule has 0 radical (unpaired) electrons. The Hall–Kier alpha value is -3.33. The summed E-state index contributed by atoms with van der Waals surface area (Å²) in [4.78, 5) is 33.8. The molecule has 3 aromatic carbocycles. The third-order valence-corrected chi connectivity index (χ3v) is 7.85. The van der Waals surface area contributed by atoms with E-state index in [-0.39, 0.29) is 11.5 Å².